The van der Waals surface area contributed by atoms with E-state index in [1.54, 1.807) is 43.8 Å². The van der Waals surface area contributed by atoms with E-state index < -0.39 is 6.10 Å². The van der Waals surface area contributed by atoms with E-state index >= 15 is 0 Å². The maximum Gasteiger partial charge on any atom is 0.191 e. The van der Waals surface area contributed by atoms with E-state index in [0.29, 0.717) is 42.0 Å². The van der Waals surface area contributed by atoms with Crippen LogP contribution in [0.3, 0.4) is 0 Å². The fourth-order valence-electron chi connectivity index (χ4n) is 2.48. The van der Waals surface area contributed by atoms with Gasteiger partial charge in [-0.05, 0) is 30.5 Å². The number of methoxy groups -OCH3 is 2. The highest BCUT2D eigenvalue weighted by atomic mass is 32.1. The minimum Gasteiger partial charge on any atom is -0.497 e. The van der Waals surface area contributed by atoms with Crippen LogP contribution in [-0.4, -0.2) is 43.4 Å². The van der Waals surface area contributed by atoms with Gasteiger partial charge in [-0.3, -0.25) is 0 Å². The van der Waals surface area contributed by atoms with Crippen molar-refractivity contribution in [1.82, 2.24) is 15.6 Å². The third kappa shape index (κ3) is 6.38. The number of nitrogens with one attached hydrogen (secondary N) is 2. The number of aliphatic imine (C=N–C) groups is 1. The van der Waals surface area contributed by atoms with E-state index in [1.807, 2.05) is 6.92 Å². The number of thiazole rings is 1. The van der Waals surface area contributed by atoms with Crippen molar-refractivity contribution in [3.8, 4) is 11.5 Å². The fraction of sp³-hybridized carbons (Fsp3) is 0.500. The summed E-state index contributed by atoms with van der Waals surface area (Å²) in [6, 6.07) is 5.36. The average molecular weight is 407 g/mol. The van der Waals surface area contributed by atoms with Crippen LogP contribution in [0.25, 0.3) is 0 Å². The molecular weight excluding hydrogens is 376 g/mol. The van der Waals surface area contributed by atoms with E-state index in [9.17, 15) is 5.11 Å². The topological polar surface area (TPSA) is 88.0 Å². The zero-order valence-electron chi connectivity index (χ0n) is 17.2. The molecule has 8 heteroatoms. The Morgan fingerprint density at radius 2 is 1.86 bits per heavy atom. The molecule has 0 amide bonds. The van der Waals surface area contributed by atoms with Gasteiger partial charge in [-0.2, -0.15) is 0 Å². The molecular formula is C20H30N4O3S. The number of guanidine groups is 1. The van der Waals surface area contributed by atoms with Crippen LogP contribution in [0.4, 0.5) is 0 Å². The van der Waals surface area contributed by atoms with Crippen molar-refractivity contribution in [2.75, 3.05) is 27.3 Å². The number of hydrogen-bond donors (Lipinski definition) is 3. The summed E-state index contributed by atoms with van der Waals surface area (Å²) in [5, 5.41) is 20.0. The predicted molar refractivity (Wildman–Crippen MR) is 114 cm³/mol. The second-order valence-electron chi connectivity index (χ2n) is 6.56. The summed E-state index contributed by atoms with van der Waals surface area (Å²) in [6.07, 6.45) is -0.736. The fourth-order valence-corrected chi connectivity index (χ4v) is 3.36. The van der Waals surface area contributed by atoms with Crippen molar-refractivity contribution in [1.29, 1.82) is 0 Å². The van der Waals surface area contributed by atoms with Gasteiger partial charge in [0.25, 0.3) is 0 Å². The number of benzene rings is 1. The van der Waals surface area contributed by atoms with Gasteiger partial charge in [0.1, 0.15) is 16.5 Å². The first-order chi connectivity index (χ1) is 13.5. The zero-order chi connectivity index (χ0) is 20.5. The van der Waals surface area contributed by atoms with Crippen molar-refractivity contribution in [2.24, 2.45) is 4.99 Å². The van der Waals surface area contributed by atoms with Gasteiger partial charge in [-0.1, -0.05) is 13.8 Å². The summed E-state index contributed by atoms with van der Waals surface area (Å²) in [5.41, 5.74) is 1.80. The summed E-state index contributed by atoms with van der Waals surface area (Å²) in [7, 11) is 3.17. The molecule has 0 radical (unpaired) electrons. The molecule has 28 heavy (non-hydrogen) atoms. The highest BCUT2D eigenvalue weighted by Gasteiger charge is 2.12. The summed E-state index contributed by atoms with van der Waals surface area (Å²) in [5.74, 6) is 2.32. The van der Waals surface area contributed by atoms with Crippen molar-refractivity contribution in [3.63, 3.8) is 0 Å². The largest absolute Gasteiger partial charge is 0.497 e. The molecule has 2 aromatic rings. The molecule has 0 saturated carbocycles. The van der Waals surface area contributed by atoms with Gasteiger partial charge in [0, 0.05) is 24.5 Å². The summed E-state index contributed by atoms with van der Waals surface area (Å²) < 4.78 is 10.5. The average Bonchev–Trinajstić information content (AvgIpc) is 3.18. The smallest absolute Gasteiger partial charge is 0.191 e. The second-order valence-corrected chi connectivity index (χ2v) is 7.50. The molecule has 0 aliphatic carbocycles. The number of aromatic nitrogens is 1. The number of rotatable bonds is 9. The lowest BCUT2D eigenvalue weighted by atomic mass is 10.1. The monoisotopic (exact) mass is 406 g/mol. The Hall–Kier alpha value is -2.32. The van der Waals surface area contributed by atoms with Gasteiger partial charge in [0.15, 0.2) is 5.96 Å². The van der Waals surface area contributed by atoms with Crippen LogP contribution in [0.15, 0.2) is 28.6 Å². The molecule has 0 bridgehead atoms. The maximum atomic E-state index is 10.6. The molecule has 7 nitrogen and oxygen atoms in total. The van der Waals surface area contributed by atoms with Crippen molar-refractivity contribution in [2.45, 2.75) is 39.3 Å². The minimum absolute atomic E-state index is 0.303. The van der Waals surface area contributed by atoms with Crippen molar-refractivity contribution >= 4 is 17.3 Å². The van der Waals surface area contributed by atoms with Gasteiger partial charge < -0.3 is 25.2 Å². The molecule has 1 aromatic heterocycles. The molecule has 3 N–H and O–H groups in total. The molecule has 0 aliphatic heterocycles. The third-order valence-electron chi connectivity index (χ3n) is 4.10. The van der Waals surface area contributed by atoms with Crippen LogP contribution in [-0.2, 0) is 6.54 Å². The molecule has 0 aliphatic rings. The van der Waals surface area contributed by atoms with Crippen molar-refractivity contribution < 1.29 is 14.6 Å². The van der Waals surface area contributed by atoms with Crippen LogP contribution in [0.5, 0.6) is 11.5 Å². The molecule has 1 aromatic carbocycles. The molecule has 1 unspecified atom stereocenters. The molecule has 0 fully saturated rings. The van der Waals surface area contributed by atoms with Crippen LogP contribution in [0.2, 0.25) is 0 Å². The lowest BCUT2D eigenvalue weighted by Crippen LogP contribution is -2.39. The Balaban J connectivity index is 2.01. The van der Waals surface area contributed by atoms with Gasteiger partial charge in [0.05, 0.1) is 32.6 Å². The standard InChI is InChI=1S/C20H30N4O3S/c1-6-21-20(23-11-19-24-17(12-28-19)13(2)3)22-10-18(25)14-7-15(26-4)9-16(8-14)27-5/h7-9,12-13,18,25H,6,10-11H2,1-5H3,(H2,21,22,23). The van der Waals surface area contributed by atoms with Crippen LogP contribution in [0.1, 0.15) is 49.1 Å². The molecule has 0 saturated heterocycles. The van der Waals surface area contributed by atoms with Gasteiger partial charge in [0.2, 0.25) is 0 Å². The van der Waals surface area contributed by atoms with E-state index in [4.69, 9.17) is 9.47 Å². The third-order valence-corrected chi connectivity index (χ3v) is 4.95. The van der Waals surface area contributed by atoms with Crippen molar-refractivity contribution in [3.05, 3.63) is 39.8 Å². The molecule has 2 rings (SSSR count). The highest BCUT2D eigenvalue weighted by molar-refractivity contribution is 7.09. The molecule has 0 spiro atoms. The summed E-state index contributed by atoms with van der Waals surface area (Å²) >= 11 is 1.62. The number of ether oxygens (including phenoxy) is 2. The number of nitrogens with zero attached hydrogens (tertiary/aromatic N) is 2. The predicted octanol–water partition coefficient (Wildman–Crippen LogP) is 3.07. The number of aliphatic hydroxyl groups is 1. The Bertz CT molecular complexity index is 754. The zero-order valence-corrected chi connectivity index (χ0v) is 18.0. The van der Waals surface area contributed by atoms with E-state index in [2.05, 4.69) is 39.8 Å². The Morgan fingerprint density at radius 3 is 2.39 bits per heavy atom. The Morgan fingerprint density at radius 1 is 1.18 bits per heavy atom. The normalized spacial score (nSPS) is 12.8. The maximum absolute atomic E-state index is 10.6. The number of aliphatic hydroxyl groups excluding tert-OH is 1. The Kier molecular flexibility index (Phi) is 8.53. The minimum atomic E-state index is -0.736. The SMILES string of the molecule is CCNC(=NCc1nc(C(C)C)cs1)NCC(O)c1cc(OC)cc(OC)c1. The summed E-state index contributed by atoms with van der Waals surface area (Å²) in [6.45, 7) is 7.78. The second kappa shape index (κ2) is 10.9. The van der Waals surface area contributed by atoms with Gasteiger partial charge >= 0.3 is 0 Å². The van der Waals surface area contributed by atoms with Gasteiger partial charge in [-0.25, -0.2) is 9.98 Å². The van der Waals surface area contributed by atoms with Crippen LogP contribution >= 0.6 is 11.3 Å². The van der Waals surface area contributed by atoms with Gasteiger partial charge in [-0.15, -0.1) is 11.3 Å². The molecule has 1 heterocycles. The van der Waals surface area contributed by atoms with E-state index in [0.717, 1.165) is 17.2 Å². The highest BCUT2D eigenvalue weighted by Crippen LogP contribution is 2.26. The van der Waals surface area contributed by atoms with Crippen LogP contribution < -0.4 is 20.1 Å². The molecule has 1 atom stereocenters. The quantitative estimate of drug-likeness (QED) is 0.438. The van der Waals surface area contributed by atoms with Crippen LogP contribution in [0, 0.1) is 0 Å². The van der Waals surface area contributed by atoms with E-state index in [-0.39, 0.29) is 0 Å². The Labute approximate surface area is 170 Å². The molecule has 154 valence electrons. The first-order valence-corrected chi connectivity index (χ1v) is 10.2. The first-order valence-electron chi connectivity index (χ1n) is 9.34. The number of hydrogen-bond acceptors (Lipinski definition) is 6. The summed E-state index contributed by atoms with van der Waals surface area (Å²) in [4.78, 5) is 9.17. The first kappa shape index (κ1) is 22.0. The lowest BCUT2D eigenvalue weighted by molar-refractivity contribution is 0.180. The lowest BCUT2D eigenvalue weighted by Gasteiger charge is -2.17. The van der Waals surface area contributed by atoms with E-state index in [1.165, 1.54) is 0 Å².